The van der Waals surface area contributed by atoms with Gasteiger partial charge >= 0.3 is 5.97 Å². The zero-order valence-electron chi connectivity index (χ0n) is 16.4. The van der Waals surface area contributed by atoms with Crippen molar-refractivity contribution in [1.29, 1.82) is 0 Å². The number of methoxy groups -OCH3 is 1. The number of nitrogens with zero attached hydrogens (tertiary/aromatic N) is 3. The summed E-state index contributed by atoms with van der Waals surface area (Å²) in [5, 5.41) is 9.34. The molecule has 7 heteroatoms. The number of thioether (sulfide) groups is 1. The molecule has 1 aliphatic heterocycles. The van der Waals surface area contributed by atoms with Crippen LogP contribution in [-0.4, -0.2) is 39.2 Å². The van der Waals surface area contributed by atoms with Crippen LogP contribution in [0.1, 0.15) is 18.9 Å². The maximum absolute atomic E-state index is 12.1. The molecule has 1 aliphatic rings. The summed E-state index contributed by atoms with van der Waals surface area (Å²) >= 11 is 1.44. The van der Waals surface area contributed by atoms with E-state index in [9.17, 15) is 4.79 Å². The number of ether oxygens (including phenoxy) is 2. The van der Waals surface area contributed by atoms with Gasteiger partial charge in [-0.3, -0.25) is 4.79 Å². The number of benzene rings is 2. The number of cyclic esters (lactones) is 1. The molecule has 6 nitrogen and oxygen atoms in total. The molecule has 0 unspecified atom stereocenters. The maximum Gasteiger partial charge on any atom is 0.319 e. The SMILES string of the molecule is COc1ccc(-c2nnc(S[C@H]3C[C@H](C)OC3=O)n2CCc2ccccc2)cc1. The second kappa shape index (κ2) is 8.69. The molecule has 0 N–H and O–H groups in total. The molecule has 1 saturated heterocycles. The van der Waals surface area contributed by atoms with Gasteiger partial charge < -0.3 is 14.0 Å². The minimum absolute atomic E-state index is 0.0539. The van der Waals surface area contributed by atoms with E-state index in [4.69, 9.17) is 9.47 Å². The van der Waals surface area contributed by atoms with Gasteiger partial charge in [-0.1, -0.05) is 42.1 Å². The lowest BCUT2D eigenvalue weighted by atomic mass is 10.1. The van der Waals surface area contributed by atoms with Crippen molar-refractivity contribution in [3.05, 3.63) is 60.2 Å². The molecule has 4 rings (SSSR count). The molecule has 2 atom stereocenters. The fourth-order valence-electron chi connectivity index (χ4n) is 3.36. The number of aromatic nitrogens is 3. The van der Waals surface area contributed by atoms with Crippen molar-refractivity contribution in [2.45, 2.75) is 42.8 Å². The van der Waals surface area contributed by atoms with E-state index in [1.165, 1.54) is 17.3 Å². The van der Waals surface area contributed by atoms with Gasteiger partial charge in [-0.2, -0.15) is 0 Å². The average molecular weight is 410 g/mol. The number of aryl methyl sites for hydroxylation is 1. The van der Waals surface area contributed by atoms with E-state index in [1.54, 1.807) is 7.11 Å². The summed E-state index contributed by atoms with van der Waals surface area (Å²) in [6.07, 6.45) is 1.48. The highest BCUT2D eigenvalue weighted by Crippen LogP contribution is 2.33. The third-order valence-corrected chi connectivity index (χ3v) is 6.09. The van der Waals surface area contributed by atoms with Crippen LogP contribution in [-0.2, 0) is 22.5 Å². The van der Waals surface area contributed by atoms with Crippen LogP contribution < -0.4 is 4.74 Å². The van der Waals surface area contributed by atoms with Crippen LogP contribution >= 0.6 is 11.8 Å². The van der Waals surface area contributed by atoms with E-state index in [2.05, 4.69) is 26.9 Å². The van der Waals surface area contributed by atoms with Crippen molar-refractivity contribution in [3.8, 4) is 17.1 Å². The van der Waals surface area contributed by atoms with Crippen LogP contribution in [0, 0.1) is 0 Å². The number of carbonyl (C=O) groups is 1. The normalized spacial score (nSPS) is 18.6. The van der Waals surface area contributed by atoms with E-state index < -0.39 is 0 Å². The molecule has 1 fully saturated rings. The Morgan fingerprint density at radius 3 is 2.55 bits per heavy atom. The molecule has 0 amide bonds. The minimum Gasteiger partial charge on any atom is -0.497 e. The van der Waals surface area contributed by atoms with Crippen molar-refractivity contribution in [2.24, 2.45) is 0 Å². The lowest BCUT2D eigenvalue weighted by molar-refractivity contribution is -0.140. The third kappa shape index (κ3) is 4.45. The lowest BCUT2D eigenvalue weighted by Crippen LogP contribution is -2.12. The summed E-state index contributed by atoms with van der Waals surface area (Å²) in [7, 11) is 1.65. The fraction of sp³-hybridized carbons (Fsp3) is 0.318. The summed E-state index contributed by atoms with van der Waals surface area (Å²) in [5.41, 5.74) is 2.20. The molecular formula is C22H23N3O3S. The first kappa shape index (κ1) is 19.5. The van der Waals surface area contributed by atoms with Gasteiger partial charge in [0.05, 0.1) is 7.11 Å². The van der Waals surface area contributed by atoms with Gasteiger partial charge in [0, 0.05) is 18.5 Å². The second-order valence-corrected chi connectivity index (χ2v) is 8.18. The molecular weight excluding hydrogens is 386 g/mol. The van der Waals surface area contributed by atoms with Crippen molar-refractivity contribution < 1.29 is 14.3 Å². The number of hydrogen-bond acceptors (Lipinski definition) is 6. The van der Waals surface area contributed by atoms with Crippen LogP contribution in [0.2, 0.25) is 0 Å². The quantitative estimate of drug-likeness (QED) is 0.550. The summed E-state index contributed by atoms with van der Waals surface area (Å²) < 4.78 is 12.7. The van der Waals surface area contributed by atoms with Crippen LogP contribution in [0.4, 0.5) is 0 Å². The highest BCUT2D eigenvalue weighted by molar-refractivity contribution is 8.00. The lowest BCUT2D eigenvalue weighted by Gasteiger charge is -2.12. The summed E-state index contributed by atoms with van der Waals surface area (Å²) in [6, 6.07) is 18.1. The summed E-state index contributed by atoms with van der Waals surface area (Å²) in [5.74, 6) is 1.40. The first-order valence-electron chi connectivity index (χ1n) is 9.62. The molecule has 2 heterocycles. The van der Waals surface area contributed by atoms with Crippen molar-refractivity contribution in [2.75, 3.05) is 7.11 Å². The number of hydrogen-bond donors (Lipinski definition) is 0. The van der Waals surface area contributed by atoms with Gasteiger partial charge in [0.2, 0.25) is 0 Å². The van der Waals surface area contributed by atoms with E-state index in [0.29, 0.717) is 6.42 Å². The fourth-order valence-corrected chi connectivity index (χ4v) is 4.53. The van der Waals surface area contributed by atoms with E-state index in [1.807, 2.05) is 49.4 Å². The number of carbonyl (C=O) groups excluding carboxylic acids is 1. The highest BCUT2D eigenvalue weighted by Gasteiger charge is 2.34. The van der Waals surface area contributed by atoms with Crippen LogP contribution in [0.25, 0.3) is 11.4 Å². The second-order valence-electron chi connectivity index (χ2n) is 7.01. The van der Waals surface area contributed by atoms with Crippen LogP contribution in [0.15, 0.2) is 59.8 Å². The first-order valence-corrected chi connectivity index (χ1v) is 10.5. The zero-order valence-corrected chi connectivity index (χ0v) is 17.3. The Bertz CT molecular complexity index is 973. The molecule has 0 saturated carbocycles. The van der Waals surface area contributed by atoms with E-state index in [0.717, 1.165) is 35.3 Å². The van der Waals surface area contributed by atoms with Gasteiger partial charge in [0.1, 0.15) is 17.1 Å². The van der Waals surface area contributed by atoms with Crippen LogP contribution in [0.5, 0.6) is 5.75 Å². The Kier molecular flexibility index (Phi) is 5.85. The summed E-state index contributed by atoms with van der Waals surface area (Å²) in [6.45, 7) is 2.64. The van der Waals surface area contributed by atoms with Gasteiger partial charge in [-0.15, -0.1) is 10.2 Å². The average Bonchev–Trinajstić information content (AvgIpc) is 3.29. The summed E-state index contributed by atoms with van der Waals surface area (Å²) in [4.78, 5) is 12.1. The number of rotatable bonds is 7. The number of esters is 1. The van der Waals surface area contributed by atoms with Gasteiger partial charge in [-0.05, 0) is 43.2 Å². The van der Waals surface area contributed by atoms with Crippen molar-refractivity contribution in [3.63, 3.8) is 0 Å². The topological polar surface area (TPSA) is 66.2 Å². The molecule has 150 valence electrons. The van der Waals surface area contributed by atoms with Crippen LogP contribution in [0.3, 0.4) is 0 Å². The molecule has 0 aliphatic carbocycles. The van der Waals surface area contributed by atoms with Gasteiger partial charge in [0.25, 0.3) is 0 Å². The highest BCUT2D eigenvalue weighted by atomic mass is 32.2. The third-order valence-electron chi connectivity index (χ3n) is 4.91. The monoisotopic (exact) mass is 409 g/mol. The molecule has 0 radical (unpaired) electrons. The first-order chi connectivity index (χ1) is 14.1. The van der Waals surface area contributed by atoms with Crippen molar-refractivity contribution >= 4 is 17.7 Å². The molecule has 0 bridgehead atoms. The standard InChI is InChI=1S/C22H23N3O3S/c1-15-14-19(21(26)28-15)29-22-24-23-20(17-8-10-18(27-2)11-9-17)25(22)13-12-16-6-4-3-5-7-16/h3-11,15,19H,12-14H2,1-2H3/t15-,19-/m0/s1. The molecule has 1 aromatic heterocycles. The van der Waals surface area contributed by atoms with Gasteiger partial charge in [-0.25, -0.2) is 0 Å². The Labute approximate surface area is 174 Å². The van der Waals surface area contributed by atoms with Crippen molar-refractivity contribution in [1.82, 2.24) is 14.8 Å². The zero-order chi connectivity index (χ0) is 20.2. The Morgan fingerprint density at radius 2 is 1.90 bits per heavy atom. The Hall–Kier alpha value is -2.80. The molecule has 0 spiro atoms. The Morgan fingerprint density at radius 1 is 1.14 bits per heavy atom. The Balaban J connectivity index is 1.63. The van der Waals surface area contributed by atoms with E-state index >= 15 is 0 Å². The predicted octanol–water partition coefficient (Wildman–Crippen LogP) is 3.99. The maximum atomic E-state index is 12.1. The minimum atomic E-state index is -0.242. The smallest absolute Gasteiger partial charge is 0.319 e. The van der Waals surface area contributed by atoms with E-state index in [-0.39, 0.29) is 17.3 Å². The molecule has 3 aromatic rings. The predicted molar refractivity (Wildman–Crippen MR) is 112 cm³/mol. The molecule has 29 heavy (non-hydrogen) atoms. The molecule has 2 aromatic carbocycles. The largest absolute Gasteiger partial charge is 0.497 e. The van der Waals surface area contributed by atoms with Gasteiger partial charge in [0.15, 0.2) is 11.0 Å².